The summed E-state index contributed by atoms with van der Waals surface area (Å²) in [6.07, 6.45) is 4.06. The second-order valence-corrected chi connectivity index (χ2v) is 8.51. The van der Waals surface area contributed by atoms with Crippen LogP contribution >= 0.6 is 0 Å². The van der Waals surface area contributed by atoms with E-state index in [0.29, 0.717) is 12.6 Å². The van der Waals surface area contributed by atoms with Crippen LogP contribution in [0.15, 0.2) is 53.5 Å². The number of likely N-dealkylation sites (tertiary alicyclic amines) is 1. The molecule has 2 aliphatic rings. The fourth-order valence-electron chi connectivity index (χ4n) is 4.31. The van der Waals surface area contributed by atoms with E-state index >= 15 is 0 Å². The van der Waals surface area contributed by atoms with Crippen molar-refractivity contribution in [1.29, 1.82) is 0 Å². The Hall–Kier alpha value is -2.47. The Morgan fingerprint density at radius 1 is 1.07 bits per heavy atom. The molecule has 30 heavy (non-hydrogen) atoms. The molecule has 1 heterocycles. The summed E-state index contributed by atoms with van der Waals surface area (Å²) in [6.45, 7) is 3.53. The number of nitrogens with one attached hydrogen (secondary N) is 2. The monoisotopic (exact) mass is 412 g/mol. The molecule has 0 spiro atoms. The van der Waals surface area contributed by atoms with Gasteiger partial charge in [0.2, 0.25) is 0 Å². The number of hydrogen-bond acceptors (Lipinski definition) is 2. The molecule has 4 rings (SSSR count). The van der Waals surface area contributed by atoms with E-state index in [2.05, 4.69) is 20.5 Å². The Kier molecular flexibility index (Phi) is 6.32. The molecule has 1 saturated heterocycles. The maximum atomic E-state index is 14.2. The second kappa shape index (κ2) is 9.13. The molecule has 0 bridgehead atoms. The van der Waals surface area contributed by atoms with Crippen LogP contribution in [-0.4, -0.2) is 43.6 Å². The fraction of sp³-hybridized carbons (Fsp3) is 0.458. The summed E-state index contributed by atoms with van der Waals surface area (Å²) in [6, 6.07) is 14.2. The lowest BCUT2D eigenvalue weighted by Gasteiger charge is -2.33. The molecule has 0 unspecified atom stereocenters. The van der Waals surface area contributed by atoms with Gasteiger partial charge in [0.15, 0.2) is 5.96 Å². The molecular formula is C24H30F2N4. The van der Waals surface area contributed by atoms with E-state index in [4.69, 9.17) is 0 Å². The van der Waals surface area contributed by atoms with Crippen molar-refractivity contribution in [2.75, 3.05) is 26.7 Å². The van der Waals surface area contributed by atoms with Gasteiger partial charge in [0, 0.05) is 44.7 Å². The largest absolute Gasteiger partial charge is 0.356 e. The van der Waals surface area contributed by atoms with Crippen LogP contribution in [0, 0.1) is 11.6 Å². The van der Waals surface area contributed by atoms with E-state index in [0.717, 1.165) is 62.4 Å². The van der Waals surface area contributed by atoms with Gasteiger partial charge in [-0.25, -0.2) is 8.78 Å². The van der Waals surface area contributed by atoms with Gasteiger partial charge in [-0.2, -0.15) is 0 Å². The predicted octanol–water partition coefficient (Wildman–Crippen LogP) is 3.83. The van der Waals surface area contributed by atoms with Crippen LogP contribution in [0.5, 0.6) is 0 Å². The number of aliphatic imine (C=N–C) groups is 1. The topological polar surface area (TPSA) is 39.7 Å². The molecule has 0 aromatic heterocycles. The third-order valence-corrected chi connectivity index (χ3v) is 6.36. The highest BCUT2D eigenvalue weighted by Gasteiger charge is 2.45. The number of hydrogen-bond donors (Lipinski definition) is 2. The third kappa shape index (κ3) is 4.98. The summed E-state index contributed by atoms with van der Waals surface area (Å²) in [5.41, 5.74) is 1.84. The molecule has 2 aromatic carbocycles. The number of piperidine rings is 1. The van der Waals surface area contributed by atoms with Crippen LogP contribution in [0.2, 0.25) is 0 Å². The van der Waals surface area contributed by atoms with Crippen molar-refractivity contribution in [3.05, 3.63) is 71.3 Å². The number of nitrogens with zero attached hydrogens (tertiary/aromatic N) is 2. The Bertz CT molecular complexity index is 869. The number of guanidine groups is 1. The Morgan fingerprint density at radius 2 is 1.77 bits per heavy atom. The summed E-state index contributed by atoms with van der Waals surface area (Å²) >= 11 is 0. The first-order valence-electron chi connectivity index (χ1n) is 10.8. The second-order valence-electron chi connectivity index (χ2n) is 8.51. The zero-order valence-electron chi connectivity index (χ0n) is 17.5. The SMILES string of the molecule is CN=C(NCC1(c2ccccc2F)CC1)NC1CCN(Cc2ccc(F)cc2)CC1. The van der Waals surface area contributed by atoms with Crippen molar-refractivity contribution in [2.45, 2.75) is 43.7 Å². The zero-order chi connectivity index (χ0) is 21.0. The van der Waals surface area contributed by atoms with Gasteiger partial charge in [-0.05, 0) is 55.0 Å². The van der Waals surface area contributed by atoms with E-state index in [9.17, 15) is 8.78 Å². The number of benzene rings is 2. The molecule has 2 N–H and O–H groups in total. The first kappa shape index (κ1) is 20.8. The Labute approximate surface area is 177 Å². The van der Waals surface area contributed by atoms with Gasteiger partial charge in [-0.3, -0.25) is 9.89 Å². The van der Waals surface area contributed by atoms with Gasteiger partial charge in [0.1, 0.15) is 11.6 Å². The predicted molar refractivity (Wildman–Crippen MR) is 117 cm³/mol. The smallest absolute Gasteiger partial charge is 0.191 e. The van der Waals surface area contributed by atoms with E-state index in [-0.39, 0.29) is 17.0 Å². The maximum absolute atomic E-state index is 14.2. The van der Waals surface area contributed by atoms with Crippen molar-refractivity contribution in [3.63, 3.8) is 0 Å². The van der Waals surface area contributed by atoms with Crippen molar-refractivity contribution >= 4 is 5.96 Å². The lowest BCUT2D eigenvalue weighted by atomic mass is 9.95. The molecule has 2 aromatic rings. The highest BCUT2D eigenvalue weighted by Crippen LogP contribution is 2.48. The molecule has 4 nitrogen and oxygen atoms in total. The fourth-order valence-corrected chi connectivity index (χ4v) is 4.31. The lowest BCUT2D eigenvalue weighted by molar-refractivity contribution is 0.198. The van der Waals surface area contributed by atoms with Crippen molar-refractivity contribution in [3.8, 4) is 0 Å². The average Bonchev–Trinajstić information content (AvgIpc) is 3.55. The van der Waals surface area contributed by atoms with Gasteiger partial charge in [-0.1, -0.05) is 30.3 Å². The minimum atomic E-state index is -0.191. The Balaban J connectivity index is 1.24. The summed E-state index contributed by atoms with van der Waals surface area (Å²) in [7, 11) is 1.78. The van der Waals surface area contributed by atoms with Crippen LogP contribution in [0.4, 0.5) is 8.78 Å². The summed E-state index contributed by atoms with van der Waals surface area (Å²) in [5, 5.41) is 6.96. The van der Waals surface area contributed by atoms with Crippen LogP contribution in [0.3, 0.4) is 0 Å². The van der Waals surface area contributed by atoms with Gasteiger partial charge in [-0.15, -0.1) is 0 Å². The highest BCUT2D eigenvalue weighted by atomic mass is 19.1. The van der Waals surface area contributed by atoms with Gasteiger partial charge >= 0.3 is 0 Å². The Morgan fingerprint density at radius 3 is 2.40 bits per heavy atom. The molecule has 160 valence electrons. The molecular weight excluding hydrogens is 382 g/mol. The molecule has 0 amide bonds. The van der Waals surface area contributed by atoms with Crippen LogP contribution in [0.1, 0.15) is 36.8 Å². The first-order valence-corrected chi connectivity index (χ1v) is 10.8. The number of halogens is 2. The molecule has 6 heteroatoms. The lowest BCUT2D eigenvalue weighted by Crippen LogP contribution is -2.49. The van der Waals surface area contributed by atoms with Crippen LogP contribution in [-0.2, 0) is 12.0 Å². The maximum Gasteiger partial charge on any atom is 0.191 e. The van der Waals surface area contributed by atoms with Crippen LogP contribution in [0.25, 0.3) is 0 Å². The summed E-state index contributed by atoms with van der Waals surface area (Å²) in [4.78, 5) is 6.78. The highest BCUT2D eigenvalue weighted by molar-refractivity contribution is 5.80. The number of rotatable bonds is 6. The normalized spacial score (nSPS) is 19.5. The third-order valence-electron chi connectivity index (χ3n) is 6.36. The summed E-state index contributed by atoms with van der Waals surface area (Å²) < 4.78 is 27.3. The minimum Gasteiger partial charge on any atom is -0.356 e. The van der Waals surface area contributed by atoms with Gasteiger partial charge in [0.25, 0.3) is 0 Å². The van der Waals surface area contributed by atoms with Gasteiger partial charge in [0.05, 0.1) is 0 Å². The molecule has 1 aliphatic heterocycles. The van der Waals surface area contributed by atoms with Crippen molar-refractivity contribution in [2.24, 2.45) is 4.99 Å². The van der Waals surface area contributed by atoms with Crippen LogP contribution < -0.4 is 10.6 Å². The standard InChI is InChI=1S/C24H30F2N4/c1-27-23(28-17-24(12-13-24)21-4-2-3-5-22(21)26)29-20-10-14-30(15-11-20)16-18-6-8-19(25)9-7-18/h2-9,20H,10-17H2,1H3,(H2,27,28,29). The molecule has 2 fully saturated rings. The molecule has 0 atom stereocenters. The first-order chi connectivity index (χ1) is 14.6. The quantitative estimate of drug-likeness (QED) is 0.560. The molecule has 1 aliphatic carbocycles. The van der Waals surface area contributed by atoms with E-state index in [1.165, 1.54) is 12.1 Å². The minimum absolute atomic E-state index is 0.110. The average molecular weight is 413 g/mol. The van der Waals surface area contributed by atoms with Crippen molar-refractivity contribution in [1.82, 2.24) is 15.5 Å². The van der Waals surface area contributed by atoms with Crippen molar-refractivity contribution < 1.29 is 8.78 Å². The zero-order valence-corrected chi connectivity index (χ0v) is 17.5. The van der Waals surface area contributed by atoms with E-state index < -0.39 is 0 Å². The molecule has 0 radical (unpaired) electrons. The van der Waals surface area contributed by atoms with E-state index in [1.807, 2.05) is 24.3 Å². The summed E-state index contributed by atoms with van der Waals surface area (Å²) in [5.74, 6) is 0.478. The molecule has 1 saturated carbocycles. The van der Waals surface area contributed by atoms with Gasteiger partial charge < -0.3 is 10.6 Å². The van der Waals surface area contributed by atoms with E-state index in [1.54, 1.807) is 19.2 Å².